The molecule has 4 fully saturated rings. The normalized spacial score (nSPS) is 25.3. The number of hydrogen-bond donors (Lipinski definition) is 0. The van der Waals surface area contributed by atoms with Crippen molar-refractivity contribution in [2.75, 3.05) is 0 Å². The summed E-state index contributed by atoms with van der Waals surface area (Å²) in [5.41, 5.74) is 13.9. The molecule has 9 rings (SSSR count). The van der Waals surface area contributed by atoms with Gasteiger partial charge >= 0.3 is 70.3 Å². The smallest absolute Gasteiger partial charge is 1.00 e. The van der Waals surface area contributed by atoms with E-state index in [4.69, 9.17) is 0 Å². The van der Waals surface area contributed by atoms with Crippen molar-refractivity contribution in [3.05, 3.63) is 118 Å². The van der Waals surface area contributed by atoms with Crippen molar-refractivity contribution < 1.29 is 49.0 Å². The summed E-state index contributed by atoms with van der Waals surface area (Å²) in [5, 5.41) is 0. The van der Waals surface area contributed by atoms with Gasteiger partial charge in [0.05, 0.1) is 0 Å². The molecule has 0 N–H and O–H groups in total. The Morgan fingerprint density at radius 3 is 1.84 bits per heavy atom. The molecular weight excluding hydrogens is 727 g/mol. The molecule has 4 bridgehead atoms. The third kappa shape index (κ3) is 9.52. The summed E-state index contributed by atoms with van der Waals surface area (Å²) in [6, 6.07) is 25.5. The third-order valence-corrected chi connectivity index (χ3v) is 12.6. The van der Waals surface area contributed by atoms with E-state index < -0.39 is 0 Å². The molecule has 266 valence electrons. The van der Waals surface area contributed by atoms with Crippen LogP contribution in [0.4, 0.5) is 0 Å². The van der Waals surface area contributed by atoms with Gasteiger partial charge in [-0.3, -0.25) is 6.08 Å². The molecular formula is C47H58Cl2Zr-2. The number of rotatable bonds is 3. The molecule has 3 heteroatoms. The number of hydrogen-bond acceptors (Lipinski definition) is 0. The molecule has 0 aliphatic heterocycles. The standard InChI is InChI=1S/C21H25.C18H25.C8H8.2ClH.Zr/c1-20(2,3)16-9-7-14-11-15-8-10-17(21(4,5)6)13-19(15)18(14)12-16;1-12-3-13(2)17(4-12)11-18-8-14-5-15(9-18)7-16(6-14)10-18;1-2-8-6-4-3-5-7-8;;;/h7,9-10,12-13H,11H2,1-6H3;4,12,14-16H,5-11H2,1-2H3;3-7H,1H3;2*1H;/q2*-1;;;;+2/p-2. The van der Waals surface area contributed by atoms with Crippen LogP contribution in [0.3, 0.4) is 0 Å². The third-order valence-electron chi connectivity index (χ3n) is 11.8. The van der Waals surface area contributed by atoms with Crippen LogP contribution in [-0.2, 0) is 41.5 Å². The van der Waals surface area contributed by atoms with E-state index in [2.05, 4.69) is 135 Å². The van der Waals surface area contributed by atoms with Crippen LogP contribution in [0.5, 0.6) is 0 Å². The first-order chi connectivity index (χ1) is 22.6. The predicted octanol–water partition coefficient (Wildman–Crippen LogP) is 6.35. The summed E-state index contributed by atoms with van der Waals surface area (Å²) >= 11 is 1.51. The number of fused-ring (bicyclic) bond motifs is 3. The van der Waals surface area contributed by atoms with Crippen LogP contribution in [0.2, 0.25) is 0 Å². The van der Waals surface area contributed by atoms with E-state index in [9.17, 15) is 0 Å². The molecule has 0 aromatic heterocycles. The molecule has 0 amide bonds. The first kappa shape index (κ1) is 41.2. The molecule has 0 radical (unpaired) electrons. The van der Waals surface area contributed by atoms with Crippen molar-refractivity contribution in [1.29, 1.82) is 0 Å². The summed E-state index contributed by atoms with van der Waals surface area (Å²) in [4.78, 5) is 0. The fourth-order valence-electron chi connectivity index (χ4n) is 9.68. The van der Waals surface area contributed by atoms with Crippen molar-refractivity contribution in [3.8, 4) is 11.1 Å². The van der Waals surface area contributed by atoms with Crippen LogP contribution in [0, 0.1) is 41.2 Å². The van der Waals surface area contributed by atoms with Crippen LogP contribution in [0.25, 0.3) is 11.1 Å². The average molecular weight is 785 g/mol. The maximum absolute atomic E-state index is 3.57. The zero-order valence-electron chi connectivity index (χ0n) is 32.1. The molecule has 4 saturated carbocycles. The minimum absolute atomic E-state index is 0. The average Bonchev–Trinajstić information content (AvgIpc) is 3.53. The van der Waals surface area contributed by atoms with Gasteiger partial charge in [-0.1, -0.05) is 102 Å². The summed E-state index contributed by atoms with van der Waals surface area (Å²) < 4.78 is 1.46. The topological polar surface area (TPSA) is 0 Å². The Labute approximate surface area is 332 Å². The molecule has 0 heterocycles. The van der Waals surface area contributed by atoms with Gasteiger partial charge in [-0.2, -0.15) is 41.0 Å². The van der Waals surface area contributed by atoms with Gasteiger partial charge in [0.25, 0.3) is 0 Å². The van der Waals surface area contributed by atoms with Crippen molar-refractivity contribution in [2.45, 2.75) is 125 Å². The second-order valence-electron chi connectivity index (χ2n) is 18.2. The van der Waals surface area contributed by atoms with Gasteiger partial charge in [0.15, 0.2) is 0 Å². The van der Waals surface area contributed by atoms with Crippen LogP contribution in [0.1, 0.15) is 135 Å². The molecule has 6 aliphatic rings. The van der Waals surface area contributed by atoms with E-state index in [0.717, 1.165) is 24.2 Å². The van der Waals surface area contributed by atoms with Crippen LogP contribution < -0.4 is 24.8 Å². The van der Waals surface area contributed by atoms with E-state index in [1.807, 2.05) is 6.07 Å². The Morgan fingerprint density at radius 2 is 1.36 bits per heavy atom. The fraction of sp³-hybridized carbons (Fsp3) is 0.511. The molecule has 1 atom stereocenters. The van der Waals surface area contributed by atoms with Crippen LogP contribution in [-0.4, -0.2) is 3.21 Å². The second-order valence-corrected chi connectivity index (χ2v) is 20.0. The van der Waals surface area contributed by atoms with Crippen LogP contribution in [0.15, 0.2) is 77.9 Å². The second kappa shape index (κ2) is 16.2. The predicted molar refractivity (Wildman–Crippen MR) is 202 cm³/mol. The van der Waals surface area contributed by atoms with Crippen molar-refractivity contribution >= 4 is 3.21 Å². The number of allylic oxidation sites excluding steroid dienone is 4. The molecule has 0 saturated heterocycles. The van der Waals surface area contributed by atoms with Gasteiger partial charge in [0.2, 0.25) is 0 Å². The van der Waals surface area contributed by atoms with E-state index in [1.165, 1.54) is 78.4 Å². The van der Waals surface area contributed by atoms with Gasteiger partial charge in [-0.05, 0) is 79.1 Å². The first-order valence-corrected chi connectivity index (χ1v) is 19.9. The molecule has 1 unspecified atom stereocenters. The van der Waals surface area contributed by atoms with Crippen molar-refractivity contribution in [3.63, 3.8) is 0 Å². The van der Waals surface area contributed by atoms with E-state index in [1.54, 1.807) is 44.1 Å². The maximum atomic E-state index is 3.57. The van der Waals surface area contributed by atoms with E-state index >= 15 is 0 Å². The Balaban J connectivity index is 0.000000177. The van der Waals surface area contributed by atoms with Gasteiger partial charge in [-0.15, -0.1) is 5.56 Å². The van der Waals surface area contributed by atoms with Gasteiger partial charge < -0.3 is 24.8 Å². The summed E-state index contributed by atoms with van der Waals surface area (Å²) in [6.07, 6.45) is 17.8. The van der Waals surface area contributed by atoms with Gasteiger partial charge in [0.1, 0.15) is 0 Å². The number of halogens is 2. The van der Waals surface area contributed by atoms with Crippen molar-refractivity contribution in [1.82, 2.24) is 0 Å². The molecule has 6 aliphatic carbocycles. The van der Waals surface area contributed by atoms with Gasteiger partial charge in [-0.25, -0.2) is 5.57 Å². The monoisotopic (exact) mass is 782 g/mol. The molecule has 0 nitrogen and oxygen atoms in total. The summed E-state index contributed by atoms with van der Waals surface area (Å²) in [5.74, 6) is 3.82. The summed E-state index contributed by atoms with van der Waals surface area (Å²) in [6.45, 7) is 20.4. The minimum atomic E-state index is 0. The molecule has 50 heavy (non-hydrogen) atoms. The summed E-state index contributed by atoms with van der Waals surface area (Å²) in [7, 11) is 0. The molecule has 0 spiro atoms. The first-order valence-electron chi connectivity index (χ1n) is 18.7. The SMILES string of the molecule is CC(C)(C)c1c[c-]c2c(c1)-c1cc(C(C)(C)C)ccc1C2.CC1=[C-]C(C)C=C1CC12CC3CC(CC(C3)C1)C2.C[C](=[Zr+2])c1ccccc1.[Cl-].[Cl-]. The number of benzene rings is 3. The maximum Gasteiger partial charge on any atom is -1.00 e. The Hall–Kier alpha value is -1.53. The minimum Gasteiger partial charge on any atom is -1.00 e. The van der Waals surface area contributed by atoms with Gasteiger partial charge in [0, 0.05) is 0 Å². The zero-order chi connectivity index (χ0) is 34.4. The fourth-order valence-corrected chi connectivity index (χ4v) is 10.1. The molecule has 3 aromatic rings. The van der Waals surface area contributed by atoms with E-state index in [0.29, 0.717) is 11.3 Å². The van der Waals surface area contributed by atoms with Crippen molar-refractivity contribution in [2.24, 2.45) is 29.1 Å². The Morgan fingerprint density at radius 1 is 0.800 bits per heavy atom. The quantitative estimate of drug-likeness (QED) is 0.213. The zero-order valence-corrected chi connectivity index (χ0v) is 36.0. The largest absolute Gasteiger partial charge is 1.00 e. The Bertz CT molecular complexity index is 1620. The van der Waals surface area contributed by atoms with E-state index in [-0.39, 0.29) is 35.6 Å². The Kier molecular flexibility index (Phi) is 13.4. The molecule has 3 aromatic carbocycles. The van der Waals surface area contributed by atoms with Crippen LogP contribution >= 0.6 is 0 Å².